The van der Waals surface area contributed by atoms with Gasteiger partial charge in [-0.15, -0.1) is 0 Å². The number of carbonyl (C=O) groups excluding carboxylic acids is 2. The molecule has 2 aliphatic heterocycles. The van der Waals surface area contributed by atoms with Crippen LogP contribution < -0.4 is 15.8 Å². The number of nitrogens with one attached hydrogen (secondary N) is 1. The van der Waals surface area contributed by atoms with Crippen LogP contribution in [-0.4, -0.2) is 107 Å². The van der Waals surface area contributed by atoms with Gasteiger partial charge in [0.2, 0.25) is 0 Å². The number of hydrogen-bond donors (Lipinski definition) is 2. The van der Waals surface area contributed by atoms with Crippen molar-refractivity contribution >= 4 is 46.5 Å². The molecule has 5 rings (SSSR count). The minimum Gasteiger partial charge on any atom is -0.489 e. The summed E-state index contributed by atoms with van der Waals surface area (Å²) in [5.41, 5.74) is 7.40. The molecule has 1 atom stereocenters. The van der Waals surface area contributed by atoms with E-state index in [0.717, 1.165) is 0 Å². The highest BCUT2D eigenvalue weighted by molar-refractivity contribution is 7.93. The lowest BCUT2D eigenvalue weighted by atomic mass is 10.1. The van der Waals surface area contributed by atoms with Gasteiger partial charge in [0.1, 0.15) is 28.9 Å². The van der Waals surface area contributed by atoms with E-state index < -0.39 is 28.6 Å². The molecule has 280 valence electrons. The van der Waals surface area contributed by atoms with E-state index in [9.17, 15) is 13.8 Å². The third-order valence-electron chi connectivity index (χ3n) is 6.93. The van der Waals surface area contributed by atoms with Crippen molar-refractivity contribution in [2.75, 3.05) is 77.1 Å². The molecule has 4 bridgehead atoms. The first-order chi connectivity index (χ1) is 24.5. The molecule has 0 radical (unpaired) electrons. The van der Waals surface area contributed by atoms with Gasteiger partial charge in [-0.2, -0.15) is 0 Å². The zero-order valence-electron chi connectivity index (χ0n) is 30.4. The van der Waals surface area contributed by atoms with E-state index in [4.69, 9.17) is 28.9 Å². The van der Waals surface area contributed by atoms with Crippen molar-refractivity contribution in [3.8, 4) is 17.0 Å². The van der Waals surface area contributed by atoms with E-state index in [2.05, 4.69) is 15.3 Å². The molecule has 0 fully saturated rings. The topological polar surface area (TPSA) is 168 Å². The highest BCUT2D eigenvalue weighted by Crippen LogP contribution is 2.31. The minimum absolute atomic E-state index is 0.0598. The second kappa shape index (κ2) is 20.9. The highest BCUT2D eigenvalue weighted by atomic mass is 32.2. The van der Waals surface area contributed by atoms with Gasteiger partial charge in [0.25, 0.3) is 5.91 Å². The SMILES string of the molecule is CC.CSOCCN1CCOCCOCCOc2c(CN(C)C(=O)OC(C)(C)C)cccc2NC(=O)c2nc(cnc2N)-c2ccc(cc2)S1=O. The molecule has 2 amide bonds. The fraction of sp³-hybridized carbons (Fsp3) is 0.486. The van der Waals surface area contributed by atoms with Crippen LogP contribution >= 0.6 is 12.0 Å². The zero-order chi connectivity index (χ0) is 37.4. The molecule has 16 heteroatoms. The Balaban J connectivity index is 0.00000345. The van der Waals surface area contributed by atoms with Crippen LogP contribution in [0.25, 0.3) is 11.3 Å². The molecular formula is C35H50N6O8S2. The fourth-order valence-electron chi connectivity index (χ4n) is 4.61. The Morgan fingerprint density at radius 1 is 1.08 bits per heavy atom. The molecule has 0 saturated heterocycles. The van der Waals surface area contributed by atoms with Gasteiger partial charge in [0, 0.05) is 37.5 Å². The minimum atomic E-state index is -1.48. The Hall–Kier alpha value is -3.80. The lowest BCUT2D eigenvalue weighted by Gasteiger charge is -2.25. The Bertz CT molecular complexity index is 1590. The molecule has 0 saturated carbocycles. The van der Waals surface area contributed by atoms with Crippen LogP contribution in [0.5, 0.6) is 5.75 Å². The summed E-state index contributed by atoms with van der Waals surface area (Å²) in [6, 6.07) is 12.2. The Kier molecular flexibility index (Phi) is 17.1. The number of ether oxygens (including phenoxy) is 4. The van der Waals surface area contributed by atoms with Crippen molar-refractivity contribution in [1.29, 1.82) is 0 Å². The van der Waals surface area contributed by atoms with E-state index in [1.807, 2.05) is 20.1 Å². The molecular weight excluding hydrogens is 697 g/mol. The molecule has 3 N–H and O–H groups in total. The monoisotopic (exact) mass is 746 g/mol. The number of nitrogen functional groups attached to an aromatic ring is 1. The van der Waals surface area contributed by atoms with E-state index in [0.29, 0.717) is 72.7 Å². The van der Waals surface area contributed by atoms with Crippen LogP contribution in [0.1, 0.15) is 50.7 Å². The number of hydrogen-bond acceptors (Lipinski definition) is 12. The Morgan fingerprint density at radius 2 is 1.76 bits per heavy atom. The molecule has 14 nitrogen and oxygen atoms in total. The third-order valence-corrected chi connectivity index (χ3v) is 8.84. The lowest BCUT2D eigenvalue weighted by molar-refractivity contribution is 0.0279. The second-order valence-corrected chi connectivity index (χ2v) is 13.9. The summed E-state index contributed by atoms with van der Waals surface area (Å²) in [7, 11) is 0.142. The number of nitrogens with two attached hydrogens (primary N) is 1. The van der Waals surface area contributed by atoms with Crippen LogP contribution in [-0.2, 0) is 35.9 Å². The number of benzene rings is 2. The predicted octanol–water partition coefficient (Wildman–Crippen LogP) is 5.42. The van der Waals surface area contributed by atoms with Crippen LogP contribution in [0.3, 0.4) is 0 Å². The molecule has 1 unspecified atom stereocenters. The summed E-state index contributed by atoms with van der Waals surface area (Å²) in [4.78, 5) is 37.1. The maximum absolute atomic E-state index is 13.6. The highest BCUT2D eigenvalue weighted by Gasteiger charge is 2.23. The standard InChI is InChI=1S/C33H44N6O8S2.C2H6/c1-33(2,3)47-32(41)38(4)22-24-7-6-8-26-29(24)45-20-19-44-18-17-43-15-13-39(14-16-46-48-5)49(42)25-11-9-23(10-12-25)27-21-35-30(34)28(36-27)31(40)37-26;1-2/h6-12,21H,13-20,22H2,1-5H3,(H2,34,35)(H,37,40);1-2H3. The number of carbonyl (C=O) groups is 2. The number of nitrogens with zero attached hydrogens (tertiary/aromatic N) is 4. The lowest BCUT2D eigenvalue weighted by Crippen LogP contribution is -2.34. The van der Waals surface area contributed by atoms with E-state index in [1.54, 1.807) is 74.6 Å². The number of fused-ring (bicyclic) bond motifs is 13. The van der Waals surface area contributed by atoms with Gasteiger partial charge in [-0.05, 0) is 51.0 Å². The Morgan fingerprint density at radius 3 is 2.45 bits per heavy atom. The molecule has 3 heterocycles. The molecule has 1 aromatic heterocycles. The predicted molar refractivity (Wildman–Crippen MR) is 200 cm³/mol. The maximum atomic E-state index is 13.6. The largest absolute Gasteiger partial charge is 0.489 e. The third kappa shape index (κ3) is 13.0. The van der Waals surface area contributed by atoms with Crippen LogP contribution in [0.15, 0.2) is 53.6 Å². The van der Waals surface area contributed by atoms with Crippen LogP contribution in [0, 0.1) is 0 Å². The molecule has 51 heavy (non-hydrogen) atoms. The normalized spacial score (nSPS) is 16.2. The summed E-state index contributed by atoms with van der Waals surface area (Å²) in [5, 5.41) is 2.85. The van der Waals surface area contributed by atoms with Gasteiger partial charge in [-0.3, -0.25) is 4.79 Å². The molecule has 0 aliphatic carbocycles. The molecule has 3 aromatic rings. The van der Waals surface area contributed by atoms with Crippen molar-refractivity contribution in [3.05, 3.63) is 59.9 Å². The summed E-state index contributed by atoms with van der Waals surface area (Å²) >= 11 is 1.25. The van der Waals surface area contributed by atoms with Gasteiger partial charge < -0.3 is 39.1 Å². The molecule has 0 spiro atoms. The maximum Gasteiger partial charge on any atom is 0.410 e. The van der Waals surface area contributed by atoms with E-state index >= 15 is 0 Å². The van der Waals surface area contributed by atoms with Crippen molar-refractivity contribution in [1.82, 2.24) is 19.2 Å². The first-order valence-corrected chi connectivity index (χ1v) is 18.9. The van der Waals surface area contributed by atoms with Crippen molar-refractivity contribution in [2.24, 2.45) is 0 Å². The van der Waals surface area contributed by atoms with Gasteiger partial charge in [-0.25, -0.2) is 23.3 Å². The smallest absolute Gasteiger partial charge is 0.410 e. The van der Waals surface area contributed by atoms with Crippen LogP contribution in [0.4, 0.5) is 16.3 Å². The average molecular weight is 747 g/mol. The van der Waals surface area contributed by atoms with Gasteiger partial charge >= 0.3 is 6.09 Å². The fourth-order valence-corrected chi connectivity index (χ4v) is 6.00. The quantitative estimate of drug-likeness (QED) is 0.187. The van der Waals surface area contributed by atoms with Gasteiger partial charge in [0.15, 0.2) is 11.5 Å². The van der Waals surface area contributed by atoms with E-state index in [1.165, 1.54) is 23.1 Å². The molecule has 2 aliphatic rings. The van der Waals surface area contributed by atoms with Gasteiger partial charge in [-0.1, -0.05) is 38.1 Å². The number of para-hydroxylation sites is 1. The average Bonchev–Trinajstić information content (AvgIpc) is 3.10. The van der Waals surface area contributed by atoms with Gasteiger partial charge in [0.05, 0.1) is 62.1 Å². The number of rotatable bonds is 6. The number of amides is 2. The first-order valence-electron chi connectivity index (χ1n) is 16.7. The molecule has 2 aromatic carbocycles. The first kappa shape index (κ1) is 41.6. The second-order valence-electron chi connectivity index (χ2n) is 11.8. The number of aromatic nitrogens is 2. The summed E-state index contributed by atoms with van der Waals surface area (Å²) in [5.74, 6) is -0.314. The van der Waals surface area contributed by atoms with Crippen molar-refractivity contribution in [2.45, 2.75) is 51.7 Å². The van der Waals surface area contributed by atoms with Crippen LogP contribution in [0.2, 0.25) is 0 Å². The Labute approximate surface area is 307 Å². The zero-order valence-corrected chi connectivity index (χ0v) is 32.1. The summed E-state index contributed by atoms with van der Waals surface area (Å²) in [6.07, 6.45) is 2.79. The summed E-state index contributed by atoms with van der Waals surface area (Å²) in [6.45, 7) is 12.1. The number of anilines is 2. The van der Waals surface area contributed by atoms with Crippen molar-refractivity contribution < 1.29 is 36.9 Å². The van der Waals surface area contributed by atoms with E-state index in [-0.39, 0.29) is 31.3 Å². The van der Waals surface area contributed by atoms with Crippen molar-refractivity contribution in [3.63, 3.8) is 0 Å². The summed E-state index contributed by atoms with van der Waals surface area (Å²) < 4.78 is 43.9.